The Morgan fingerprint density at radius 3 is 2.52 bits per heavy atom. The van der Waals surface area contributed by atoms with Crippen molar-refractivity contribution in [1.82, 2.24) is 14.8 Å². The molecule has 0 spiro atoms. The number of halogens is 1. The molecule has 8 heteroatoms. The van der Waals surface area contributed by atoms with Crippen molar-refractivity contribution in [3.8, 4) is 17.1 Å². The largest absolute Gasteiger partial charge is 0.497 e. The zero-order valence-electron chi connectivity index (χ0n) is 17.0. The Balaban J connectivity index is 1.63. The van der Waals surface area contributed by atoms with Crippen LogP contribution in [0, 0.1) is 0 Å². The Hall–Kier alpha value is -3.03. The van der Waals surface area contributed by atoms with E-state index < -0.39 is 0 Å². The smallest absolute Gasteiger partial charge is 0.192 e. The number of carbonyl (C=O) groups is 1. The van der Waals surface area contributed by atoms with Gasteiger partial charge in [0, 0.05) is 16.1 Å². The highest BCUT2D eigenvalue weighted by atomic mass is 35.5. The van der Waals surface area contributed by atoms with Crippen LogP contribution in [0.5, 0.6) is 5.75 Å². The van der Waals surface area contributed by atoms with Gasteiger partial charge in [0.05, 0.1) is 25.2 Å². The fourth-order valence-corrected chi connectivity index (χ4v) is 4.14. The first-order valence-electron chi connectivity index (χ1n) is 9.61. The first-order chi connectivity index (χ1) is 15.0. The molecule has 0 fully saturated rings. The van der Waals surface area contributed by atoms with E-state index in [1.165, 1.54) is 11.8 Å². The number of furan rings is 1. The van der Waals surface area contributed by atoms with Crippen molar-refractivity contribution in [1.29, 1.82) is 0 Å². The third-order valence-electron chi connectivity index (χ3n) is 4.74. The van der Waals surface area contributed by atoms with Crippen LogP contribution in [0.3, 0.4) is 0 Å². The quantitative estimate of drug-likeness (QED) is 0.255. The lowest BCUT2D eigenvalue weighted by atomic mass is 10.1. The minimum absolute atomic E-state index is 0.000197. The van der Waals surface area contributed by atoms with E-state index in [0.29, 0.717) is 28.1 Å². The Morgan fingerprint density at radius 2 is 1.87 bits per heavy atom. The molecule has 158 valence electrons. The van der Waals surface area contributed by atoms with Crippen LogP contribution in [0.15, 0.2) is 76.5 Å². The fraction of sp³-hybridized carbons (Fsp3) is 0.174. The van der Waals surface area contributed by atoms with Gasteiger partial charge in [0.15, 0.2) is 16.8 Å². The summed E-state index contributed by atoms with van der Waals surface area (Å²) in [6.45, 7) is 2.31. The number of ketones is 1. The van der Waals surface area contributed by atoms with E-state index in [9.17, 15) is 4.79 Å². The van der Waals surface area contributed by atoms with Gasteiger partial charge in [-0.25, -0.2) is 0 Å². The molecule has 0 amide bonds. The maximum absolute atomic E-state index is 12.9. The zero-order chi connectivity index (χ0) is 21.8. The lowest BCUT2D eigenvalue weighted by molar-refractivity contribution is 0.0994. The van der Waals surface area contributed by atoms with Gasteiger partial charge in [-0.05, 0) is 67.6 Å². The van der Waals surface area contributed by atoms with Crippen LogP contribution >= 0.6 is 23.4 Å². The number of methoxy groups -OCH3 is 1. The van der Waals surface area contributed by atoms with Crippen molar-refractivity contribution in [3.63, 3.8) is 0 Å². The van der Waals surface area contributed by atoms with E-state index in [-0.39, 0.29) is 11.0 Å². The van der Waals surface area contributed by atoms with Crippen LogP contribution < -0.4 is 4.74 Å². The number of rotatable bonds is 8. The highest BCUT2D eigenvalue weighted by Gasteiger charge is 2.22. The van der Waals surface area contributed by atoms with Gasteiger partial charge in [0.25, 0.3) is 0 Å². The molecule has 0 saturated heterocycles. The summed E-state index contributed by atoms with van der Waals surface area (Å²) in [5, 5.41) is 9.65. The predicted molar refractivity (Wildman–Crippen MR) is 121 cm³/mol. The number of hydrogen-bond acceptors (Lipinski definition) is 6. The van der Waals surface area contributed by atoms with Crippen LogP contribution in [-0.4, -0.2) is 32.9 Å². The third-order valence-corrected chi connectivity index (χ3v) is 6.07. The molecule has 2 aromatic heterocycles. The molecule has 2 aromatic carbocycles. The summed E-state index contributed by atoms with van der Waals surface area (Å²) in [5.74, 6) is 2.22. The second kappa shape index (κ2) is 9.41. The summed E-state index contributed by atoms with van der Waals surface area (Å²) in [4.78, 5) is 12.9. The number of nitrogens with zero attached hydrogens (tertiary/aromatic N) is 3. The molecular formula is C23H20ClN3O3S. The summed E-state index contributed by atoms with van der Waals surface area (Å²) < 4.78 is 12.7. The third kappa shape index (κ3) is 4.84. The minimum atomic E-state index is -0.357. The first kappa shape index (κ1) is 21.2. The molecule has 1 unspecified atom stereocenters. The van der Waals surface area contributed by atoms with E-state index >= 15 is 0 Å². The van der Waals surface area contributed by atoms with Gasteiger partial charge in [-0.15, -0.1) is 10.2 Å². The van der Waals surface area contributed by atoms with Crippen LogP contribution in [0.25, 0.3) is 11.4 Å². The van der Waals surface area contributed by atoms with E-state index in [2.05, 4.69) is 10.2 Å². The second-order valence-electron chi connectivity index (χ2n) is 6.83. The predicted octanol–water partition coefficient (Wildman–Crippen LogP) is 5.61. The Bertz CT molecular complexity index is 1160. The number of aromatic nitrogens is 3. The Kier molecular flexibility index (Phi) is 6.44. The van der Waals surface area contributed by atoms with Gasteiger partial charge in [-0.1, -0.05) is 23.4 Å². The van der Waals surface area contributed by atoms with Crippen LogP contribution in [0.4, 0.5) is 0 Å². The number of thioether (sulfide) groups is 1. The molecule has 31 heavy (non-hydrogen) atoms. The van der Waals surface area contributed by atoms with Gasteiger partial charge < -0.3 is 9.15 Å². The molecule has 0 N–H and O–H groups in total. The lowest BCUT2D eigenvalue weighted by Crippen LogP contribution is -2.15. The molecule has 0 radical (unpaired) electrons. The monoisotopic (exact) mass is 453 g/mol. The van der Waals surface area contributed by atoms with Crippen LogP contribution in [0.2, 0.25) is 5.02 Å². The molecule has 6 nitrogen and oxygen atoms in total. The SMILES string of the molecule is COc1ccc(-c2nnc(SC(C)C(=O)c3ccc(Cl)cc3)n2Cc2ccco2)cc1. The van der Waals surface area contributed by atoms with Crippen molar-refractivity contribution in [2.75, 3.05) is 7.11 Å². The van der Waals surface area contributed by atoms with Crippen molar-refractivity contribution < 1.29 is 13.9 Å². The van der Waals surface area contributed by atoms with Crippen molar-refractivity contribution in [2.24, 2.45) is 0 Å². The Morgan fingerprint density at radius 1 is 1.13 bits per heavy atom. The molecule has 1 atom stereocenters. The molecule has 0 aliphatic heterocycles. The first-order valence-corrected chi connectivity index (χ1v) is 10.9. The average Bonchev–Trinajstić information content (AvgIpc) is 3.45. The molecule has 0 aliphatic carbocycles. The summed E-state index contributed by atoms with van der Waals surface area (Å²) >= 11 is 7.30. The molecule has 2 heterocycles. The highest BCUT2D eigenvalue weighted by molar-refractivity contribution is 8.00. The van der Waals surface area contributed by atoms with Gasteiger partial charge in [0.1, 0.15) is 11.5 Å². The van der Waals surface area contributed by atoms with Crippen molar-refractivity contribution in [2.45, 2.75) is 23.9 Å². The standard InChI is InChI=1S/C23H20ClN3O3S/c1-15(21(28)16-5-9-18(24)10-6-16)31-23-26-25-22(17-7-11-19(29-2)12-8-17)27(23)14-20-4-3-13-30-20/h3-13,15H,14H2,1-2H3. The molecule has 0 bridgehead atoms. The summed E-state index contributed by atoms with van der Waals surface area (Å²) in [6.07, 6.45) is 1.63. The maximum Gasteiger partial charge on any atom is 0.192 e. The van der Waals surface area contributed by atoms with E-state index in [1.807, 2.05) is 47.9 Å². The van der Waals surface area contributed by atoms with E-state index in [4.69, 9.17) is 20.8 Å². The minimum Gasteiger partial charge on any atom is -0.497 e. The van der Waals surface area contributed by atoms with Crippen molar-refractivity contribution in [3.05, 3.63) is 83.3 Å². The van der Waals surface area contributed by atoms with E-state index in [0.717, 1.165) is 17.1 Å². The number of carbonyl (C=O) groups excluding carboxylic acids is 1. The molecule has 0 aliphatic rings. The summed E-state index contributed by atoms with van der Waals surface area (Å²) in [7, 11) is 1.63. The molecule has 4 rings (SSSR count). The van der Waals surface area contributed by atoms with Crippen LogP contribution in [0.1, 0.15) is 23.0 Å². The van der Waals surface area contributed by atoms with Gasteiger partial charge in [-0.2, -0.15) is 0 Å². The number of Topliss-reactive ketones (excluding diaryl/α,β-unsaturated/α-hetero) is 1. The van der Waals surface area contributed by atoms with Crippen molar-refractivity contribution >= 4 is 29.1 Å². The molecule has 4 aromatic rings. The fourth-order valence-electron chi connectivity index (χ4n) is 3.09. The second-order valence-corrected chi connectivity index (χ2v) is 8.58. The van der Waals surface area contributed by atoms with Gasteiger partial charge >= 0.3 is 0 Å². The molecule has 0 saturated carbocycles. The summed E-state index contributed by atoms with van der Waals surface area (Å²) in [6, 6.07) is 18.2. The highest BCUT2D eigenvalue weighted by Crippen LogP contribution is 2.30. The lowest BCUT2D eigenvalue weighted by Gasteiger charge is -2.13. The maximum atomic E-state index is 12.9. The topological polar surface area (TPSA) is 70.2 Å². The van der Waals surface area contributed by atoms with Gasteiger partial charge in [-0.3, -0.25) is 9.36 Å². The number of hydrogen-bond donors (Lipinski definition) is 0. The average molecular weight is 454 g/mol. The zero-order valence-corrected chi connectivity index (χ0v) is 18.6. The van der Waals surface area contributed by atoms with Gasteiger partial charge in [0.2, 0.25) is 0 Å². The molecular weight excluding hydrogens is 434 g/mol. The van der Waals surface area contributed by atoms with Crippen LogP contribution in [-0.2, 0) is 6.54 Å². The van der Waals surface area contributed by atoms with E-state index in [1.54, 1.807) is 37.6 Å². The summed E-state index contributed by atoms with van der Waals surface area (Å²) in [5.41, 5.74) is 1.50. The number of benzene rings is 2. The number of ether oxygens (including phenoxy) is 1. The Labute approximate surface area is 189 Å². The normalized spacial score (nSPS) is 12.0.